The molecule has 0 fully saturated rings. The molecular weight excluding hydrogens is 330 g/mol. The molecule has 0 unspecified atom stereocenters. The lowest BCUT2D eigenvalue weighted by atomic mass is 10.2. The van der Waals surface area contributed by atoms with Crippen molar-refractivity contribution in [1.82, 2.24) is 15.0 Å². The highest BCUT2D eigenvalue weighted by Crippen LogP contribution is 2.18. The maximum Gasteiger partial charge on any atom is 0.376 e. The molecule has 0 radical (unpaired) electrons. The Morgan fingerprint density at radius 1 is 0.769 bits per heavy atom. The van der Waals surface area contributed by atoms with Gasteiger partial charge in [0.15, 0.2) is 0 Å². The van der Waals surface area contributed by atoms with E-state index in [-0.39, 0.29) is 17.7 Å². The van der Waals surface area contributed by atoms with Crippen LogP contribution in [0.15, 0.2) is 48.5 Å². The number of benzene rings is 2. The predicted octanol–water partition coefficient (Wildman–Crippen LogP) is 3.76. The van der Waals surface area contributed by atoms with Crippen LogP contribution in [0.3, 0.4) is 0 Å². The van der Waals surface area contributed by atoms with Gasteiger partial charge in [-0.1, -0.05) is 35.4 Å². The molecule has 1 aromatic heterocycles. The number of hydrogen-bond acceptors (Lipinski definition) is 7. The number of rotatable bonds is 5. The lowest BCUT2D eigenvalue weighted by molar-refractivity contribution is 0.0586. The van der Waals surface area contributed by atoms with Gasteiger partial charge < -0.3 is 15.4 Å². The van der Waals surface area contributed by atoms with E-state index in [1.54, 1.807) is 0 Å². The molecular formula is C19H19N5O2. The number of anilines is 4. The maximum absolute atomic E-state index is 11.9. The minimum absolute atomic E-state index is 0.0771. The molecule has 2 N–H and O–H groups in total. The van der Waals surface area contributed by atoms with Gasteiger partial charge in [0, 0.05) is 11.4 Å². The molecule has 1 heterocycles. The quantitative estimate of drug-likeness (QED) is 0.678. The third-order valence-electron chi connectivity index (χ3n) is 3.62. The molecule has 3 rings (SSSR count). The summed E-state index contributed by atoms with van der Waals surface area (Å²) in [4.78, 5) is 24.5. The number of ether oxygens (including phenoxy) is 1. The van der Waals surface area contributed by atoms with E-state index in [4.69, 9.17) is 4.74 Å². The van der Waals surface area contributed by atoms with Crippen LogP contribution in [0, 0.1) is 13.8 Å². The fraction of sp³-hybridized carbons (Fsp3) is 0.158. The van der Waals surface area contributed by atoms with E-state index in [1.165, 1.54) is 7.11 Å². The van der Waals surface area contributed by atoms with E-state index in [2.05, 4.69) is 25.6 Å². The molecule has 7 nitrogen and oxygen atoms in total. The Morgan fingerprint density at radius 3 is 1.58 bits per heavy atom. The monoisotopic (exact) mass is 349 g/mol. The lowest BCUT2D eigenvalue weighted by Crippen LogP contribution is -2.13. The zero-order valence-corrected chi connectivity index (χ0v) is 14.8. The number of methoxy groups -OCH3 is 1. The van der Waals surface area contributed by atoms with E-state index < -0.39 is 5.97 Å². The maximum atomic E-state index is 11.9. The summed E-state index contributed by atoms with van der Waals surface area (Å²) < 4.78 is 4.73. The minimum atomic E-state index is -0.633. The van der Waals surface area contributed by atoms with Crippen molar-refractivity contribution in [3.05, 3.63) is 65.5 Å². The smallest absolute Gasteiger partial charge is 0.376 e. The first kappa shape index (κ1) is 17.3. The van der Waals surface area contributed by atoms with Crippen LogP contribution in [0.5, 0.6) is 0 Å². The van der Waals surface area contributed by atoms with Crippen molar-refractivity contribution in [2.75, 3.05) is 17.7 Å². The van der Waals surface area contributed by atoms with Crippen LogP contribution in [-0.2, 0) is 4.74 Å². The van der Waals surface area contributed by atoms with E-state index in [9.17, 15) is 4.79 Å². The summed E-state index contributed by atoms with van der Waals surface area (Å²) in [5.41, 5.74) is 3.89. The van der Waals surface area contributed by atoms with Gasteiger partial charge in [0.2, 0.25) is 17.7 Å². The summed E-state index contributed by atoms with van der Waals surface area (Å²) in [5.74, 6) is -0.212. The van der Waals surface area contributed by atoms with E-state index >= 15 is 0 Å². The van der Waals surface area contributed by atoms with Crippen molar-refractivity contribution in [2.24, 2.45) is 0 Å². The van der Waals surface area contributed by atoms with Crippen LogP contribution in [-0.4, -0.2) is 28.0 Å². The summed E-state index contributed by atoms with van der Waals surface area (Å²) in [6, 6.07) is 15.5. The molecule has 7 heteroatoms. The Bertz CT molecular complexity index is 842. The Labute approximate surface area is 151 Å². The molecule has 0 atom stereocenters. The zero-order valence-electron chi connectivity index (χ0n) is 14.8. The number of nitrogens with zero attached hydrogens (tertiary/aromatic N) is 3. The van der Waals surface area contributed by atoms with Crippen molar-refractivity contribution >= 4 is 29.2 Å². The molecule has 26 heavy (non-hydrogen) atoms. The van der Waals surface area contributed by atoms with Crippen LogP contribution >= 0.6 is 0 Å². The predicted molar refractivity (Wildman–Crippen MR) is 100 cm³/mol. The average molecular weight is 349 g/mol. The summed E-state index contributed by atoms with van der Waals surface area (Å²) in [6.07, 6.45) is 0. The summed E-state index contributed by atoms with van der Waals surface area (Å²) in [7, 11) is 1.28. The molecule has 0 aliphatic carbocycles. The number of carbonyl (C=O) groups excluding carboxylic acids is 1. The first-order valence-corrected chi connectivity index (χ1v) is 8.05. The largest absolute Gasteiger partial charge is 0.463 e. The molecule has 2 aromatic carbocycles. The topological polar surface area (TPSA) is 89.0 Å². The Morgan fingerprint density at radius 2 is 1.19 bits per heavy atom. The standard InChI is InChI=1S/C19H19N5O2/c1-12-4-8-14(9-5-12)20-18-22-16(17(25)26-3)23-19(24-18)21-15-10-6-13(2)7-11-15/h4-11H,1-3H3,(H2,20,21,22,23,24). The molecule has 0 aliphatic rings. The zero-order chi connectivity index (χ0) is 18.5. The third-order valence-corrected chi connectivity index (χ3v) is 3.62. The number of nitrogens with one attached hydrogen (secondary N) is 2. The van der Waals surface area contributed by atoms with E-state index in [1.807, 2.05) is 62.4 Å². The Balaban J connectivity index is 1.91. The molecule has 0 amide bonds. The van der Waals surface area contributed by atoms with Crippen molar-refractivity contribution in [3.63, 3.8) is 0 Å². The van der Waals surface area contributed by atoms with Crippen LogP contribution < -0.4 is 10.6 Å². The highest BCUT2D eigenvalue weighted by Gasteiger charge is 2.14. The molecule has 0 saturated carbocycles. The number of aryl methyl sites for hydroxylation is 2. The van der Waals surface area contributed by atoms with Crippen LogP contribution in [0.25, 0.3) is 0 Å². The fourth-order valence-corrected chi connectivity index (χ4v) is 2.20. The highest BCUT2D eigenvalue weighted by molar-refractivity contribution is 5.85. The van der Waals surface area contributed by atoms with Crippen LogP contribution in [0.4, 0.5) is 23.3 Å². The molecule has 0 bridgehead atoms. The number of aromatic nitrogens is 3. The van der Waals surface area contributed by atoms with Gasteiger partial charge in [-0.2, -0.15) is 15.0 Å². The van der Waals surface area contributed by atoms with Gasteiger partial charge in [-0.15, -0.1) is 0 Å². The number of esters is 1. The molecule has 132 valence electrons. The summed E-state index contributed by atoms with van der Waals surface area (Å²) in [5, 5.41) is 6.15. The van der Waals surface area contributed by atoms with Crippen molar-refractivity contribution in [1.29, 1.82) is 0 Å². The van der Waals surface area contributed by atoms with Gasteiger partial charge in [-0.25, -0.2) is 4.79 Å². The van der Waals surface area contributed by atoms with Gasteiger partial charge >= 0.3 is 5.97 Å². The van der Waals surface area contributed by atoms with Gasteiger partial charge in [-0.3, -0.25) is 0 Å². The summed E-state index contributed by atoms with van der Waals surface area (Å²) in [6.45, 7) is 4.01. The second kappa shape index (κ2) is 7.60. The van der Waals surface area contributed by atoms with Gasteiger partial charge in [0.25, 0.3) is 0 Å². The second-order valence-corrected chi connectivity index (χ2v) is 5.78. The first-order valence-electron chi connectivity index (χ1n) is 8.05. The van der Waals surface area contributed by atoms with E-state index in [0.717, 1.165) is 22.5 Å². The Hall–Kier alpha value is -3.48. The number of hydrogen-bond donors (Lipinski definition) is 2. The fourth-order valence-electron chi connectivity index (χ4n) is 2.20. The summed E-state index contributed by atoms with van der Waals surface area (Å²) >= 11 is 0. The Kier molecular flexibility index (Phi) is 5.07. The van der Waals surface area contributed by atoms with Gasteiger partial charge in [0.1, 0.15) is 0 Å². The van der Waals surface area contributed by atoms with Crippen molar-refractivity contribution in [2.45, 2.75) is 13.8 Å². The van der Waals surface area contributed by atoms with E-state index in [0.29, 0.717) is 0 Å². The van der Waals surface area contributed by atoms with Gasteiger partial charge in [-0.05, 0) is 38.1 Å². The molecule has 0 saturated heterocycles. The van der Waals surface area contributed by atoms with Crippen LogP contribution in [0.2, 0.25) is 0 Å². The van der Waals surface area contributed by atoms with Gasteiger partial charge in [0.05, 0.1) is 7.11 Å². The minimum Gasteiger partial charge on any atom is -0.463 e. The number of carbonyl (C=O) groups is 1. The highest BCUT2D eigenvalue weighted by atomic mass is 16.5. The SMILES string of the molecule is COC(=O)c1nc(Nc2ccc(C)cc2)nc(Nc2ccc(C)cc2)n1. The normalized spacial score (nSPS) is 10.3. The van der Waals surface area contributed by atoms with Crippen molar-refractivity contribution in [3.8, 4) is 0 Å². The average Bonchev–Trinajstić information content (AvgIpc) is 2.64. The van der Waals surface area contributed by atoms with Crippen molar-refractivity contribution < 1.29 is 9.53 Å². The third kappa shape index (κ3) is 4.32. The molecule has 3 aromatic rings. The first-order chi connectivity index (χ1) is 12.5. The van der Waals surface area contributed by atoms with Crippen LogP contribution in [0.1, 0.15) is 21.7 Å². The molecule has 0 aliphatic heterocycles. The second-order valence-electron chi connectivity index (χ2n) is 5.78. The lowest BCUT2D eigenvalue weighted by Gasteiger charge is -2.10. The molecule has 0 spiro atoms.